The van der Waals surface area contributed by atoms with Crippen molar-refractivity contribution in [1.29, 1.82) is 0 Å². The zero-order chi connectivity index (χ0) is 41.1. The number of benzene rings is 5. The van der Waals surface area contributed by atoms with Gasteiger partial charge in [0.2, 0.25) is 0 Å². The van der Waals surface area contributed by atoms with Gasteiger partial charge in [0, 0.05) is 30.2 Å². The van der Waals surface area contributed by atoms with Crippen molar-refractivity contribution in [2.24, 2.45) is 5.41 Å². The monoisotopic (exact) mass is 777 g/mol. The largest absolute Gasteiger partial charge is 0.507 e. The summed E-state index contributed by atoms with van der Waals surface area (Å²) in [6.07, 6.45) is 0.279. The third-order valence-electron chi connectivity index (χ3n) is 9.53. The smallest absolute Gasteiger partial charge is 0.347 e. The Labute approximate surface area is 337 Å². The van der Waals surface area contributed by atoms with Crippen LogP contribution in [0.5, 0.6) is 11.5 Å². The third-order valence-corrected chi connectivity index (χ3v) is 9.53. The van der Waals surface area contributed by atoms with Gasteiger partial charge in [-0.3, -0.25) is 4.79 Å². The molecule has 0 aliphatic rings. The fourth-order valence-electron chi connectivity index (χ4n) is 5.98. The number of rotatable bonds is 16. The van der Waals surface area contributed by atoms with Gasteiger partial charge in [0.05, 0.1) is 11.0 Å². The number of phenolic OH excluding ortho intramolecular Hbond substituents is 1. The summed E-state index contributed by atoms with van der Waals surface area (Å²) >= 11 is 0. The molecule has 0 saturated heterocycles. The number of phenols is 1. The molecule has 0 aliphatic heterocycles. The van der Waals surface area contributed by atoms with E-state index in [1.54, 1.807) is 19.1 Å². The minimum atomic E-state index is -1.10. The summed E-state index contributed by atoms with van der Waals surface area (Å²) in [7, 11) is 0. The highest BCUT2D eigenvalue weighted by molar-refractivity contribution is 5.81. The Hall–Kier alpha value is -7.14. The first-order valence-electron chi connectivity index (χ1n) is 18.7. The summed E-state index contributed by atoms with van der Waals surface area (Å²) in [4.78, 5) is 50.9. The minimum Gasteiger partial charge on any atom is -0.507 e. The summed E-state index contributed by atoms with van der Waals surface area (Å²) in [6.45, 7) is 7.42. The van der Waals surface area contributed by atoms with Crippen molar-refractivity contribution in [2.75, 3.05) is 19.8 Å². The van der Waals surface area contributed by atoms with Crippen molar-refractivity contribution in [2.45, 2.75) is 33.3 Å². The second-order valence-corrected chi connectivity index (χ2v) is 13.7. The van der Waals surface area contributed by atoms with Gasteiger partial charge >= 0.3 is 17.9 Å². The Morgan fingerprint density at radius 3 is 1.60 bits per heavy atom. The fraction of sp³-hybridized carbons (Fsp3) is 0.191. The SMILES string of the molecule is C=CC(=O)OCC(CC)(COC(C)=O)COC(=O)C(C)Oc1ccc(-c2nc(-c3ccc(-c4ccccc4)cc3)nc(-c3ccc(-c4ccccc4)cc3)n2)c(O)c1. The van der Waals surface area contributed by atoms with Crippen LogP contribution in [0.3, 0.4) is 0 Å². The molecule has 0 amide bonds. The maximum atomic E-state index is 13.1. The molecule has 1 N–H and O–H groups in total. The average molecular weight is 778 g/mol. The van der Waals surface area contributed by atoms with Crippen LogP contribution in [0.2, 0.25) is 0 Å². The van der Waals surface area contributed by atoms with Crippen LogP contribution < -0.4 is 4.74 Å². The molecule has 11 heteroatoms. The lowest BCUT2D eigenvalue weighted by molar-refractivity contribution is -0.163. The lowest BCUT2D eigenvalue weighted by Crippen LogP contribution is -2.40. The first-order chi connectivity index (χ1) is 28.1. The minimum absolute atomic E-state index is 0.139. The van der Waals surface area contributed by atoms with Crippen LogP contribution in [0.1, 0.15) is 27.2 Å². The van der Waals surface area contributed by atoms with Gasteiger partial charge in [-0.1, -0.05) is 123 Å². The molecule has 6 aromatic rings. The van der Waals surface area contributed by atoms with Crippen LogP contribution in [0, 0.1) is 5.41 Å². The van der Waals surface area contributed by atoms with Crippen LogP contribution in [-0.4, -0.2) is 63.9 Å². The molecule has 58 heavy (non-hydrogen) atoms. The van der Waals surface area contributed by atoms with E-state index >= 15 is 0 Å². The molecule has 2 atom stereocenters. The lowest BCUT2D eigenvalue weighted by atomic mass is 9.88. The molecular formula is C47H43N3O8. The number of esters is 3. The molecule has 6 rings (SSSR count). The van der Waals surface area contributed by atoms with Crippen molar-refractivity contribution in [3.8, 4) is 67.9 Å². The number of carbonyl (C=O) groups is 3. The molecule has 294 valence electrons. The highest BCUT2D eigenvalue weighted by Gasteiger charge is 2.34. The van der Waals surface area contributed by atoms with Crippen LogP contribution in [0.25, 0.3) is 56.4 Å². The van der Waals surface area contributed by atoms with Gasteiger partial charge < -0.3 is 24.1 Å². The number of ether oxygens (including phenoxy) is 4. The summed E-state index contributed by atoms with van der Waals surface area (Å²) in [5.41, 5.74) is 5.10. The van der Waals surface area contributed by atoms with E-state index in [2.05, 4.69) is 6.58 Å². The summed E-state index contributed by atoms with van der Waals surface area (Å²) < 4.78 is 21.9. The van der Waals surface area contributed by atoms with E-state index in [0.29, 0.717) is 23.6 Å². The van der Waals surface area contributed by atoms with Crippen LogP contribution in [-0.2, 0) is 28.6 Å². The van der Waals surface area contributed by atoms with Crippen LogP contribution >= 0.6 is 0 Å². The van der Waals surface area contributed by atoms with Gasteiger partial charge in [-0.2, -0.15) is 0 Å². The van der Waals surface area contributed by atoms with Crippen molar-refractivity contribution in [3.05, 3.63) is 140 Å². The Balaban J connectivity index is 1.24. The predicted molar refractivity (Wildman–Crippen MR) is 220 cm³/mol. The van der Waals surface area contributed by atoms with Crippen molar-refractivity contribution >= 4 is 17.9 Å². The Morgan fingerprint density at radius 1 is 0.655 bits per heavy atom. The van der Waals surface area contributed by atoms with E-state index in [9.17, 15) is 19.5 Å². The topological polar surface area (TPSA) is 147 Å². The van der Waals surface area contributed by atoms with E-state index in [-0.39, 0.29) is 37.1 Å². The summed E-state index contributed by atoms with van der Waals surface area (Å²) in [5, 5.41) is 11.3. The van der Waals surface area contributed by atoms with Gasteiger partial charge in [0.1, 0.15) is 31.3 Å². The lowest BCUT2D eigenvalue weighted by Gasteiger charge is -2.31. The molecule has 2 unspecified atom stereocenters. The molecule has 1 aromatic heterocycles. The van der Waals surface area contributed by atoms with E-state index in [1.807, 2.05) is 109 Å². The Morgan fingerprint density at radius 2 is 1.12 bits per heavy atom. The van der Waals surface area contributed by atoms with E-state index < -0.39 is 29.4 Å². The van der Waals surface area contributed by atoms with Crippen molar-refractivity contribution in [1.82, 2.24) is 15.0 Å². The molecule has 0 bridgehead atoms. The van der Waals surface area contributed by atoms with Crippen LogP contribution in [0.4, 0.5) is 0 Å². The standard InChI is InChI=1S/C47H43N3O8/c1-5-42(53)56-29-47(6-2,28-55-32(4)51)30-57-46(54)31(3)58-39-25-26-40(41(52)27-39)45-49-43(37-21-17-35(18-22-37)33-13-9-7-10-14-33)48-44(50-45)38-23-19-36(20-24-38)34-15-11-8-12-16-34/h5,7-27,31,52H,1,6,28-30H2,2-4H3. The molecular weight excluding hydrogens is 735 g/mol. The van der Waals surface area contributed by atoms with E-state index in [1.165, 1.54) is 19.9 Å². The zero-order valence-corrected chi connectivity index (χ0v) is 32.5. The summed E-state index contributed by atoms with van der Waals surface area (Å²) in [5.74, 6) is -0.840. The van der Waals surface area contributed by atoms with Gasteiger partial charge in [0.15, 0.2) is 23.6 Å². The molecule has 11 nitrogen and oxygen atoms in total. The van der Waals surface area contributed by atoms with Gasteiger partial charge in [-0.05, 0) is 47.7 Å². The number of carbonyl (C=O) groups excluding carboxylic acids is 3. The maximum absolute atomic E-state index is 13.1. The zero-order valence-electron chi connectivity index (χ0n) is 32.5. The molecule has 5 aromatic carbocycles. The fourth-order valence-corrected chi connectivity index (χ4v) is 5.98. The molecule has 0 aliphatic carbocycles. The number of hydrogen-bond acceptors (Lipinski definition) is 11. The van der Waals surface area contributed by atoms with Crippen molar-refractivity contribution in [3.63, 3.8) is 0 Å². The number of aromatic nitrogens is 3. The van der Waals surface area contributed by atoms with Gasteiger partial charge in [0.25, 0.3) is 0 Å². The normalized spacial score (nSPS) is 12.4. The van der Waals surface area contributed by atoms with E-state index in [4.69, 9.17) is 33.9 Å². The number of aromatic hydroxyl groups is 1. The van der Waals surface area contributed by atoms with Gasteiger partial charge in [-0.15, -0.1) is 0 Å². The number of hydrogen-bond donors (Lipinski definition) is 1. The first-order valence-corrected chi connectivity index (χ1v) is 18.7. The molecule has 0 saturated carbocycles. The second-order valence-electron chi connectivity index (χ2n) is 13.7. The Bertz CT molecular complexity index is 2270. The quantitative estimate of drug-likeness (QED) is 0.0571. The van der Waals surface area contributed by atoms with E-state index in [0.717, 1.165) is 39.5 Å². The third kappa shape index (κ3) is 10.2. The molecule has 0 radical (unpaired) electrons. The predicted octanol–water partition coefficient (Wildman–Crippen LogP) is 8.91. The highest BCUT2D eigenvalue weighted by Crippen LogP contribution is 2.34. The summed E-state index contributed by atoms with van der Waals surface area (Å²) in [6, 6.07) is 40.5. The molecule has 0 fully saturated rings. The molecule has 1 heterocycles. The highest BCUT2D eigenvalue weighted by atomic mass is 16.6. The maximum Gasteiger partial charge on any atom is 0.347 e. The average Bonchev–Trinajstić information content (AvgIpc) is 3.26. The molecule has 0 spiro atoms. The first kappa shape index (κ1) is 40.5. The second kappa shape index (κ2) is 18.7. The van der Waals surface area contributed by atoms with Crippen molar-refractivity contribution < 1.29 is 38.4 Å². The Kier molecular flexibility index (Phi) is 13.0. The number of nitrogens with zero attached hydrogens (tertiary/aromatic N) is 3. The van der Waals surface area contributed by atoms with Gasteiger partial charge in [-0.25, -0.2) is 24.5 Å². The van der Waals surface area contributed by atoms with Crippen LogP contribution in [0.15, 0.2) is 140 Å².